The van der Waals surface area contributed by atoms with Gasteiger partial charge in [0, 0.05) is 12.0 Å². The lowest BCUT2D eigenvalue weighted by Crippen LogP contribution is -2.53. The number of hydrogen-bond donors (Lipinski definition) is 3. The van der Waals surface area contributed by atoms with Gasteiger partial charge in [-0.1, -0.05) is 40.5 Å². The van der Waals surface area contributed by atoms with E-state index in [-0.39, 0.29) is 29.2 Å². The number of amides is 1. The quantitative estimate of drug-likeness (QED) is 0.700. The van der Waals surface area contributed by atoms with Crippen molar-refractivity contribution in [3.63, 3.8) is 0 Å². The first-order chi connectivity index (χ1) is 9.71. The molecule has 1 aliphatic carbocycles. The van der Waals surface area contributed by atoms with E-state index in [2.05, 4.69) is 26.1 Å². The predicted molar refractivity (Wildman–Crippen MR) is 82.7 cm³/mol. The number of carboxylic acid groups (broad SMARTS) is 1. The van der Waals surface area contributed by atoms with E-state index in [9.17, 15) is 14.7 Å². The van der Waals surface area contributed by atoms with Gasteiger partial charge in [0.1, 0.15) is 6.04 Å². The average Bonchev–Trinajstić information content (AvgIpc) is 2.40. The van der Waals surface area contributed by atoms with Gasteiger partial charge in [0.05, 0.1) is 0 Å². The SMILES string of the molecule is CCCCC(NC(=O)C1CCC(N)C(C)C1(C)C)C(=O)O. The number of aliphatic carboxylic acids is 1. The maximum absolute atomic E-state index is 12.5. The van der Waals surface area contributed by atoms with E-state index < -0.39 is 12.0 Å². The lowest BCUT2D eigenvalue weighted by molar-refractivity contribution is -0.144. The van der Waals surface area contributed by atoms with E-state index in [0.29, 0.717) is 6.42 Å². The fourth-order valence-corrected chi connectivity index (χ4v) is 3.26. The first kappa shape index (κ1) is 18.0. The monoisotopic (exact) mass is 298 g/mol. The van der Waals surface area contributed by atoms with E-state index in [1.807, 2.05) is 6.92 Å². The Hall–Kier alpha value is -1.10. The van der Waals surface area contributed by atoms with Gasteiger partial charge in [0.25, 0.3) is 0 Å². The Morgan fingerprint density at radius 2 is 2.00 bits per heavy atom. The summed E-state index contributed by atoms with van der Waals surface area (Å²) in [4.78, 5) is 23.8. The summed E-state index contributed by atoms with van der Waals surface area (Å²) in [5, 5.41) is 12.0. The van der Waals surface area contributed by atoms with Crippen molar-refractivity contribution in [2.24, 2.45) is 23.0 Å². The summed E-state index contributed by atoms with van der Waals surface area (Å²) >= 11 is 0. The van der Waals surface area contributed by atoms with Gasteiger partial charge in [-0.05, 0) is 30.6 Å². The van der Waals surface area contributed by atoms with Crippen molar-refractivity contribution < 1.29 is 14.7 Å². The molecule has 5 nitrogen and oxygen atoms in total. The normalized spacial score (nSPS) is 29.7. The zero-order valence-electron chi connectivity index (χ0n) is 13.7. The van der Waals surface area contributed by atoms with Gasteiger partial charge in [-0.15, -0.1) is 0 Å². The van der Waals surface area contributed by atoms with Gasteiger partial charge >= 0.3 is 5.97 Å². The molecule has 0 aromatic carbocycles. The number of carbonyl (C=O) groups excluding carboxylic acids is 1. The van der Waals surface area contributed by atoms with Gasteiger partial charge < -0.3 is 16.2 Å². The van der Waals surface area contributed by atoms with Crippen molar-refractivity contribution in [2.45, 2.75) is 71.9 Å². The molecular formula is C16H30N2O3. The van der Waals surface area contributed by atoms with E-state index in [4.69, 9.17) is 5.73 Å². The van der Waals surface area contributed by atoms with Crippen LogP contribution in [0.15, 0.2) is 0 Å². The van der Waals surface area contributed by atoms with Crippen LogP contribution in [0.25, 0.3) is 0 Å². The number of unbranched alkanes of at least 4 members (excludes halogenated alkanes) is 1. The number of hydrogen-bond acceptors (Lipinski definition) is 3. The largest absolute Gasteiger partial charge is 0.480 e. The molecule has 0 spiro atoms. The van der Waals surface area contributed by atoms with E-state index in [1.54, 1.807) is 0 Å². The Bertz CT molecular complexity index is 382. The van der Waals surface area contributed by atoms with Crippen LogP contribution in [0, 0.1) is 17.3 Å². The van der Waals surface area contributed by atoms with E-state index in [1.165, 1.54) is 0 Å². The number of carbonyl (C=O) groups is 2. The molecule has 1 saturated carbocycles. The zero-order chi connectivity index (χ0) is 16.2. The molecule has 4 atom stereocenters. The first-order valence-corrected chi connectivity index (χ1v) is 8.00. The van der Waals surface area contributed by atoms with E-state index >= 15 is 0 Å². The molecule has 5 heteroatoms. The summed E-state index contributed by atoms with van der Waals surface area (Å²) in [6.45, 7) is 8.20. The molecule has 1 fully saturated rings. The Morgan fingerprint density at radius 3 is 2.52 bits per heavy atom. The van der Waals surface area contributed by atoms with Gasteiger partial charge in [0.15, 0.2) is 0 Å². The van der Waals surface area contributed by atoms with Crippen LogP contribution in [0.4, 0.5) is 0 Å². The first-order valence-electron chi connectivity index (χ1n) is 8.00. The van der Waals surface area contributed by atoms with Crippen molar-refractivity contribution in [3.05, 3.63) is 0 Å². The summed E-state index contributed by atoms with van der Waals surface area (Å²) in [5.41, 5.74) is 5.89. The van der Waals surface area contributed by atoms with Crippen molar-refractivity contribution in [2.75, 3.05) is 0 Å². The number of nitrogens with two attached hydrogens (primary N) is 1. The summed E-state index contributed by atoms with van der Waals surface area (Å²) < 4.78 is 0. The van der Waals surface area contributed by atoms with Crippen molar-refractivity contribution >= 4 is 11.9 Å². The van der Waals surface area contributed by atoms with Crippen LogP contribution >= 0.6 is 0 Å². The lowest BCUT2D eigenvalue weighted by atomic mass is 9.61. The van der Waals surface area contributed by atoms with Gasteiger partial charge in [-0.2, -0.15) is 0 Å². The second-order valence-corrected chi connectivity index (χ2v) is 6.95. The molecule has 4 N–H and O–H groups in total. The van der Waals surface area contributed by atoms with Crippen LogP contribution in [0.2, 0.25) is 0 Å². The maximum Gasteiger partial charge on any atom is 0.326 e. The zero-order valence-corrected chi connectivity index (χ0v) is 13.7. The molecule has 0 bridgehead atoms. The standard InChI is InChI=1S/C16H30N2O3/c1-5-6-7-13(15(20)21)18-14(19)11-8-9-12(17)10(2)16(11,3)4/h10-13H,5-9,17H2,1-4H3,(H,18,19)(H,20,21). The molecule has 0 aliphatic heterocycles. The van der Waals surface area contributed by atoms with Crippen LogP contribution in [-0.2, 0) is 9.59 Å². The molecule has 0 heterocycles. The minimum Gasteiger partial charge on any atom is -0.480 e. The summed E-state index contributed by atoms with van der Waals surface area (Å²) in [7, 11) is 0. The fraction of sp³-hybridized carbons (Fsp3) is 0.875. The third-order valence-electron chi connectivity index (χ3n) is 5.28. The van der Waals surface area contributed by atoms with Crippen molar-refractivity contribution in [1.82, 2.24) is 5.32 Å². The Balaban J connectivity index is 2.75. The van der Waals surface area contributed by atoms with Crippen LogP contribution in [0.1, 0.15) is 59.8 Å². The molecule has 1 rings (SSSR count). The van der Waals surface area contributed by atoms with Crippen LogP contribution in [0.3, 0.4) is 0 Å². The van der Waals surface area contributed by atoms with Gasteiger partial charge in [0.2, 0.25) is 5.91 Å². The Labute approximate surface area is 127 Å². The highest BCUT2D eigenvalue weighted by Gasteiger charge is 2.45. The maximum atomic E-state index is 12.5. The molecule has 1 aliphatic rings. The third kappa shape index (κ3) is 4.19. The molecular weight excluding hydrogens is 268 g/mol. The van der Waals surface area contributed by atoms with Crippen LogP contribution < -0.4 is 11.1 Å². The molecule has 0 radical (unpaired) electrons. The van der Waals surface area contributed by atoms with E-state index in [0.717, 1.165) is 25.7 Å². The number of rotatable bonds is 6. The van der Waals surface area contributed by atoms with Gasteiger partial charge in [-0.3, -0.25) is 4.79 Å². The Morgan fingerprint density at radius 1 is 1.38 bits per heavy atom. The highest BCUT2D eigenvalue weighted by molar-refractivity contribution is 5.85. The molecule has 21 heavy (non-hydrogen) atoms. The topological polar surface area (TPSA) is 92.4 Å². The van der Waals surface area contributed by atoms with Crippen molar-refractivity contribution in [3.8, 4) is 0 Å². The number of nitrogens with one attached hydrogen (secondary N) is 1. The average molecular weight is 298 g/mol. The number of carboxylic acids is 1. The van der Waals surface area contributed by atoms with Gasteiger partial charge in [-0.25, -0.2) is 4.79 Å². The second-order valence-electron chi connectivity index (χ2n) is 6.95. The molecule has 0 saturated heterocycles. The lowest BCUT2D eigenvalue weighted by Gasteiger charge is -2.46. The summed E-state index contributed by atoms with van der Waals surface area (Å²) in [6, 6.07) is -0.668. The molecule has 4 unspecified atom stereocenters. The predicted octanol–water partition coefficient (Wildman–Crippen LogP) is 2.15. The highest BCUT2D eigenvalue weighted by Crippen LogP contribution is 2.44. The van der Waals surface area contributed by atoms with Crippen LogP contribution in [-0.4, -0.2) is 29.1 Å². The molecule has 0 aromatic rings. The second kappa shape index (κ2) is 7.25. The summed E-state index contributed by atoms with van der Waals surface area (Å²) in [6.07, 6.45) is 3.74. The molecule has 122 valence electrons. The van der Waals surface area contributed by atoms with Crippen LogP contribution in [0.5, 0.6) is 0 Å². The molecule has 0 aromatic heterocycles. The third-order valence-corrected chi connectivity index (χ3v) is 5.28. The minimum absolute atomic E-state index is 0.111. The minimum atomic E-state index is -0.949. The summed E-state index contributed by atoms with van der Waals surface area (Å²) in [5.74, 6) is -1.02. The highest BCUT2D eigenvalue weighted by atomic mass is 16.4. The van der Waals surface area contributed by atoms with Crippen molar-refractivity contribution in [1.29, 1.82) is 0 Å². The smallest absolute Gasteiger partial charge is 0.326 e. The Kier molecular flexibility index (Phi) is 6.20. The molecule has 1 amide bonds. The fourth-order valence-electron chi connectivity index (χ4n) is 3.26.